The van der Waals surface area contributed by atoms with Gasteiger partial charge in [-0.15, -0.1) is 0 Å². The van der Waals surface area contributed by atoms with E-state index in [0.717, 1.165) is 0 Å². The molecule has 0 radical (unpaired) electrons. The minimum Gasteiger partial charge on any atom is -0.207 e. The quantitative estimate of drug-likeness (QED) is 0.890. The second-order valence-electron chi connectivity index (χ2n) is 4.82. The van der Waals surface area contributed by atoms with E-state index in [2.05, 4.69) is 20.7 Å². The van der Waals surface area contributed by atoms with Crippen LogP contribution in [0, 0.1) is 19.7 Å². The number of nitrogens with one attached hydrogen (secondary N) is 1. The molecule has 0 spiro atoms. The predicted molar refractivity (Wildman–Crippen MR) is 84.0 cm³/mol. The molecule has 112 valence electrons. The Morgan fingerprint density at radius 3 is 2.43 bits per heavy atom. The topological polar surface area (TPSA) is 46.2 Å². The molecule has 2 rings (SSSR count). The average Bonchev–Trinajstić information content (AvgIpc) is 2.43. The van der Waals surface area contributed by atoms with Gasteiger partial charge in [0.1, 0.15) is 5.82 Å². The summed E-state index contributed by atoms with van der Waals surface area (Å²) in [5, 5.41) is 0. The molecule has 0 amide bonds. The number of sulfonamides is 1. The van der Waals surface area contributed by atoms with Crippen molar-refractivity contribution in [3.05, 3.63) is 63.4 Å². The van der Waals surface area contributed by atoms with Gasteiger partial charge in [0.15, 0.2) is 0 Å². The van der Waals surface area contributed by atoms with Gasteiger partial charge in [-0.2, -0.15) is 0 Å². The second-order valence-corrected chi connectivity index (χ2v) is 7.47. The Hall–Kier alpha value is -1.24. The number of aryl methyl sites for hydroxylation is 2. The van der Waals surface area contributed by atoms with Crippen molar-refractivity contribution in [2.75, 3.05) is 0 Å². The lowest BCUT2D eigenvalue weighted by molar-refractivity contribution is 0.579. The second kappa shape index (κ2) is 6.25. The fourth-order valence-corrected chi connectivity index (χ4v) is 3.66. The molecular weight excluding hydrogens is 357 g/mol. The smallest absolute Gasteiger partial charge is 0.207 e. The molecule has 0 aliphatic carbocycles. The highest BCUT2D eigenvalue weighted by Crippen LogP contribution is 2.20. The van der Waals surface area contributed by atoms with Crippen molar-refractivity contribution >= 4 is 26.0 Å². The number of benzene rings is 2. The molecule has 6 heteroatoms. The van der Waals surface area contributed by atoms with Gasteiger partial charge in [-0.1, -0.05) is 34.1 Å². The van der Waals surface area contributed by atoms with Crippen molar-refractivity contribution in [1.82, 2.24) is 4.72 Å². The number of hydrogen-bond donors (Lipinski definition) is 1. The van der Waals surface area contributed by atoms with E-state index < -0.39 is 10.0 Å². The summed E-state index contributed by atoms with van der Waals surface area (Å²) < 4.78 is 41.2. The summed E-state index contributed by atoms with van der Waals surface area (Å²) in [5.41, 5.74) is 1.76. The fourth-order valence-electron chi connectivity index (χ4n) is 1.87. The molecule has 0 aliphatic heterocycles. The van der Waals surface area contributed by atoms with Gasteiger partial charge >= 0.3 is 0 Å². The highest BCUT2D eigenvalue weighted by Gasteiger charge is 2.17. The molecule has 0 fully saturated rings. The van der Waals surface area contributed by atoms with Gasteiger partial charge in [-0.25, -0.2) is 17.5 Å². The van der Waals surface area contributed by atoms with Crippen LogP contribution in [0.15, 0.2) is 45.8 Å². The first-order valence-corrected chi connectivity index (χ1v) is 8.58. The summed E-state index contributed by atoms with van der Waals surface area (Å²) in [5.74, 6) is -0.342. The third-order valence-electron chi connectivity index (χ3n) is 3.14. The van der Waals surface area contributed by atoms with Crippen LogP contribution < -0.4 is 4.72 Å². The number of halogens is 2. The monoisotopic (exact) mass is 371 g/mol. The van der Waals surface area contributed by atoms with E-state index in [9.17, 15) is 12.8 Å². The van der Waals surface area contributed by atoms with Crippen LogP contribution in [0.5, 0.6) is 0 Å². The Morgan fingerprint density at radius 2 is 1.76 bits per heavy atom. The van der Waals surface area contributed by atoms with Gasteiger partial charge in [0, 0.05) is 11.0 Å². The molecule has 0 heterocycles. The van der Waals surface area contributed by atoms with Crippen LogP contribution in [0.1, 0.15) is 16.7 Å². The van der Waals surface area contributed by atoms with Crippen LogP contribution in [-0.4, -0.2) is 8.42 Å². The van der Waals surface area contributed by atoms with Gasteiger partial charge < -0.3 is 0 Å². The summed E-state index contributed by atoms with van der Waals surface area (Å²) in [6.45, 7) is 3.44. The zero-order valence-corrected chi connectivity index (χ0v) is 14.1. The molecule has 2 aromatic rings. The summed E-state index contributed by atoms with van der Waals surface area (Å²) >= 11 is 3.26. The summed E-state index contributed by atoms with van der Waals surface area (Å²) in [6.07, 6.45) is 0. The Morgan fingerprint density at radius 1 is 1.10 bits per heavy atom. The molecule has 21 heavy (non-hydrogen) atoms. The molecule has 0 saturated heterocycles. The lowest BCUT2D eigenvalue weighted by Gasteiger charge is -2.10. The third-order valence-corrected chi connectivity index (χ3v) is 5.18. The molecule has 0 unspecified atom stereocenters. The van der Waals surface area contributed by atoms with Crippen molar-refractivity contribution in [1.29, 1.82) is 0 Å². The van der Waals surface area contributed by atoms with E-state index in [4.69, 9.17) is 0 Å². The molecule has 3 nitrogen and oxygen atoms in total. The lowest BCUT2D eigenvalue weighted by atomic mass is 10.1. The van der Waals surface area contributed by atoms with Crippen LogP contribution in [0.4, 0.5) is 4.39 Å². The van der Waals surface area contributed by atoms with E-state index in [0.29, 0.717) is 21.2 Å². The van der Waals surface area contributed by atoms with E-state index in [1.807, 2.05) is 0 Å². The van der Waals surface area contributed by atoms with Crippen LogP contribution in [0.2, 0.25) is 0 Å². The maximum Gasteiger partial charge on any atom is 0.241 e. The van der Waals surface area contributed by atoms with Crippen molar-refractivity contribution in [2.24, 2.45) is 0 Å². The maximum absolute atomic E-state index is 13.5. The van der Waals surface area contributed by atoms with Crippen molar-refractivity contribution < 1.29 is 12.8 Å². The molecule has 2 aromatic carbocycles. The highest BCUT2D eigenvalue weighted by molar-refractivity contribution is 9.10. The summed E-state index contributed by atoms with van der Waals surface area (Å²) in [4.78, 5) is 0.212. The van der Waals surface area contributed by atoms with Crippen molar-refractivity contribution in [2.45, 2.75) is 25.3 Å². The van der Waals surface area contributed by atoms with Crippen molar-refractivity contribution in [3.63, 3.8) is 0 Å². The van der Waals surface area contributed by atoms with E-state index >= 15 is 0 Å². The first kappa shape index (κ1) is 16.1. The molecule has 0 aliphatic rings. The van der Waals surface area contributed by atoms with Crippen LogP contribution in [0.3, 0.4) is 0 Å². The van der Waals surface area contributed by atoms with Crippen LogP contribution in [0.25, 0.3) is 0 Å². The Bertz CT molecular complexity index is 775. The van der Waals surface area contributed by atoms with E-state index in [1.54, 1.807) is 44.2 Å². The number of hydrogen-bond acceptors (Lipinski definition) is 2. The third kappa shape index (κ3) is 3.90. The first-order chi connectivity index (χ1) is 9.79. The zero-order valence-electron chi connectivity index (χ0n) is 11.7. The minimum atomic E-state index is -3.64. The molecule has 0 bridgehead atoms. The molecule has 0 atom stereocenters. The molecule has 0 aromatic heterocycles. The predicted octanol–water partition coefficient (Wildman–Crippen LogP) is 3.68. The molecular formula is C15H15BrFNO2S. The molecule has 0 saturated carbocycles. The Kier molecular flexibility index (Phi) is 4.81. The summed E-state index contributed by atoms with van der Waals surface area (Å²) in [7, 11) is -3.64. The van der Waals surface area contributed by atoms with Gasteiger partial charge in [-0.05, 0) is 48.7 Å². The Labute approximate surface area is 132 Å². The largest absolute Gasteiger partial charge is 0.241 e. The fraction of sp³-hybridized carbons (Fsp3) is 0.200. The van der Waals surface area contributed by atoms with E-state index in [1.165, 1.54) is 6.07 Å². The van der Waals surface area contributed by atoms with Gasteiger partial charge in [0.2, 0.25) is 10.0 Å². The van der Waals surface area contributed by atoms with Gasteiger partial charge in [0.05, 0.1) is 4.90 Å². The minimum absolute atomic E-state index is 0.0471. The lowest BCUT2D eigenvalue weighted by Crippen LogP contribution is -2.24. The maximum atomic E-state index is 13.5. The van der Waals surface area contributed by atoms with E-state index in [-0.39, 0.29) is 17.3 Å². The molecule has 1 N–H and O–H groups in total. The van der Waals surface area contributed by atoms with Gasteiger partial charge in [0.25, 0.3) is 0 Å². The first-order valence-electron chi connectivity index (χ1n) is 6.30. The Balaban J connectivity index is 2.21. The van der Waals surface area contributed by atoms with Crippen LogP contribution >= 0.6 is 15.9 Å². The summed E-state index contributed by atoms with van der Waals surface area (Å²) in [6, 6.07) is 9.73. The average molecular weight is 372 g/mol. The number of rotatable bonds is 4. The van der Waals surface area contributed by atoms with Crippen LogP contribution in [-0.2, 0) is 16.6 Å². The van der Waals surface area contributed by atoms with Crippen molar-refractivity contribution in [3.8, 4) is 0 Å². The normalized spacial score (nSPS) is 11.6. The SMILES string of the molecule is Cc1ccc(CNS(=O)(=O)c2cc(Br)ccc2C)cc1F. The highest BCUT2D eigenvalue weighted by atomic mass is 79.9. The zero-order chi connectivity index (χ0) is 15.6. The van der Waals surface area contributed by atoms with Gasteiger partial charge in [-0.3, -0.25) is 0 Å². The standard InChI is InChI=1S/C15H15BrFNO2S/c1-10-3-5-12(7-14(10)17)9-18-21(19,20)15-8-13(16)6-4-11(15)2/h3-8,18H,9H2,1-2H3.